The van der Waals surface area contributed by atoms with E-state index >= 15 is 0 Å². The van der Waals surface area contributed by atoms with Gasteiger partial charge in [-0.05, 0) is 57.6 Å². The molecule has 2 aromatic rings. The second-order valence-electron chi connectivity index (χ2n) is 9.86. The Morgan fingerprint density at radius 2 is 2.00 bits per heavy atom. The van der Waals surface area contributed by atoms with Crippen molar-refractivity contribution in [1.82, 2.24) is 25.1 Å². The Kier molecular flexibility index (Phi) is 7.22. The third kappa shape index (κ3) is 5.66. The fourth-order valence-electron chi connectivity index (χ4n) is 5.17. The molecule has 1 aromatic heterocycles. The zero-order valence-electron chi connectivity index (χ0n) is 20.1. The Hall–Kier alpha value is -2.61. The van der Waals surface area contributed by atoms with E-state index in [1.54, 1.807) is 0 Å². The molecular formula is C25H37N5O3. The van der Waals surface area contributed by atoms with E-state index in [1.807, 2.05) is 44.0 Å². The van der Waals surface area contributed by atoms with E-state index in [4.69, 9.17) is 4.74 Å². The van der Waals surface area contributed by atoms with Crippen molar-refractivity contribution in [2.45, 2.75) is 64.0 Å². The molecule has 2 aliphatic rings. The largest absolute Gasteiger partial charge is 0.375 e. The number of piperidine rings is 1. The van der Waals surface area contributed by atoms with Crippen LogP contribution in [0.25, 0.3) is 11.0 Å². The first kappa shape index (κ1) is 23.5. The summed E-state index contributed by atoms with van der Waals surface area (Å²) in [6.07, 6.45) is 4.73. The lowest BCUT2D eigenvalue weighted by Crippen LogP contribution is -2.53. The van der Waals surface area contributed by atoms with Crippen LogP contribution in [-0.2, 0) is 23.0 Å². The predicted molar refractivity (Wildman–Crippen MR) is 128 cm³/mol. The summed E-state index contributed by atoms with van der Waals surface area (Å²) in [7, 11) is 2.02. The fourth-order valence-corrected chi connectivity index (χ4v) is 5.17. The minimum absolute atomic E-state index is 0.00666. The molecule has 0 bridgehead atoms. The Morgan fingerprint density at radius 3 is 2.73 bits per heavy atom. The Balaban J connectivity index is 1.22. The number of amides is 3. The van der Waals surface area contributed by atoms with Crippen molar-refractivity contribution in [3.63, 3.8) is 0 Å². The van der Waals surface area contributed by atoms with Crippen molar-refractivity contribution in [3.8, 4) is 0 Å². The van der Waals surface area contributed by atoms with Crippen molar-refractivity contribution in [1.29, 1.82) is 0 Å². The number of nitrogens with one attached hydrogen (secondary N) is 2. The molecule has 0 saturated carbocycles. The Morgan fingerprint density at radius 1 is 1.24 bits per heavy atom. The van der Waals surface area contributed by atoms with Crippen LogP contribution in [0.1, 0.15) is 51.8 Å². The number of imidazole rings is 1. The van der Waals surface area contributed by atoms with Crippen LogP contribution in [0.2, 0.25) is 0 Å². The van der Waals surface area contributed by atoms with E-state index in [9.17, 15) is 9.59 Å². The number of likely N-dealkylation sites (tertiary alicyclic amines) is 1. The molecule has 33 heavy (non-hydrogen) atoms. The number of carbonyl (C=O) groups is 2. The summed E-state index contributed by atoms with van der Waals surface area (Å²) in [6.45, 7) is 6.63. The molecule has 0 radical (unpaired) electrons. The van der Waals surface area contributed by atoms with Crippen LogP contribution in [0.15, 0.2) is 24.3 Å². The number of aryl methyl sites for hydroxylation is 1. The van der Waals surface area contributed by atoms with Crippen molar-refractivity contribution in [2.24, 2.45) is 13.0 Å². The van der Waals surface area contributed by atoms with Gasteiger partial charge in [0, 0.05) is 52.2 Å². The number of fused-ring (bicyclic) bond motifs is 1. The third-order valence-corrected chi connectivity index (χ3v) is 6.99. The monoisotopic (exact) mass is 455 g/mol. The standard InChI is InChI=1S/C25H37N5O3/c1-18(2)27-24(32)30-13-10-25(11-14-30)17-19(9-15-33-25)16-23(31)26-12-8-22-28-20-6-4-5-7-21(20)29(22)3/h4-7,18-19H,8-17H2,1-3H3,(H,26,31)(H,27,32). The number of hydrogen-bond acceptors (Lipinski definition) is 4. The number of nitrogens with zero attached hydrogens (tertiary/aromatic N) is 3. The quantitative estimate of drug-likeness (QED) is 0.701. The zero-order chi connectivity index (χ0) is 23.4. The number of hydrogen-bond donors (Lipinski definition) is 2. The van der Waals surface area contributed by atoms with Crippen LogP contribution >= 0.6 is 0 Å². The molecule has 3 amide bonds. The van der Waals surface area contributed by atoms with Gasteiger partial charge in [0.05, 0.1) is 16.6 Å². The molecule has 3 heterocycles. The van der Waals surface area contributed by atoms with Gasteiger partial charge in [0.15, 0.2) is 0 Å². The van der Waals surface area contributed by atoms with E-state index < -0.39 is 0 Å². The van der Waals surface area contributed by atoms with Crippen LogP contribution in [0, 0.1) is 5.92 Å². The van der Waals surface area contributed by atoms with Gasteiger partial charge in [-0.2, -0.15) is 0 Å². The smallest absolute Gasteiger partial charge is 0.317 e. The number of carbonyl (C=O) groups excluding carboxylic acids is 2. The average molecular weight is 456 g/mol. The van der Waals surface area contributed by atoms with Gasteiger partial charge in [-0.25, -0.2) is 9.78 Å². The minimum atomic E-state index is -0.190. The molecule has 2 fully saturated rings. The van der Waals surface area contributed by atoms with E-state index in [1.165, 1.54) is 0 Å². The molecule has 1 spiro atoms. The highest BCUT2D eigenvalue weighted by molar-refractivity contribution is 5.77. The third-order valence-electron chi connectivity index (χ3n) is 6.99. The van der Waals surface area contributed by atoms with Crippen LogP contribution < -0.4 is 10.6 Å². The van der Waals surface area contributed by atoms with Gasteiger partial charge in [-0.1, -0.05) is 12.1 Å². The molecule has 2 saturated heterocycles. The van der Waals surface area contributed by atoms with Gasteiger partial charge in [-0.3, -0.25) is 4.79 Å². The summed E-state index contributed by atoms with van der Waals surface area (Å²) >= 11 is 0. The highest BCUT2D eigenvalue weighted by Gasteiger charge is 2.41. The number of rotatable bonds is 6. The van der Waals surface area contributed by atoms with Crippen molar-refractivity contribution < 1.29 is 14.3 Å². The first-order chi connectivity index (χ1) is 15.8. The first-order valence-corrected chi connectivity index (χ1v) is 12.2. The molecule has 1 atom stereocenters. The summed E-state index contributed by atoms with van der Waals surface area (Å²) in [5.41, 5.74) is 1.91. The number of ether oxygens (including phenoxy) is 1. The Labute approximate surface area is 196 Å². The summed E-state index contributed by atoms with van der Waals surface area (Å²) in [5.74, 6) is 1.41. The molecule has 8 nitrogen and oxygen atoms in total. The van der Waals surface area contributed by atoms with Crippen molar-refractivity contribution in [3.05, 3.63) is 30.1 Å². The molecule has 0 aliphatic carbocycles. The number of para-hydroxylation sites is 2. The second kappa shape index (κ2) is 10.1. The number of aromatic nitrogens is 2. The maximum atomic E-state index is 12.6. The van der Waals surface area contributed by atoms with Crippen LogP contribution in [0.4, 0.5) is 4.79 Å². The molecule has 180 valence electrons. The van der Waals surface area contributed by atoms with Crippen molar-refractivity contribution in [2.75, 3.05) is 26.2 Å². The molecule has 8 heteroatoms. The molecule has 4 rings (SSSR count). The summed E-state index contributed by atoms with van der Waals surface area (Å²) in [4.78, 5) is 31.5. The maximum Gasteiger partial charge on any atom is 0.317 e. The first-order valence-electron chi connectivity index (χ1n) is 12.2. The number of urea groups is 1. The predicted octanol–water partition coefficient (Wildman–Crippen LogP) is 3.00. The van der Waals surface area contributed by atoms with Gasteiger partial charge in [0.2, 0.25) is 5.91 Å². The summed E-state index contributed by atoms with van der Waals surface area (Å²) < 4.78 is 8.30. The van der Waals surface area contributed by atoms with Gasteiger partial charge < -0.3 is 24.8 Å². The second-order valence-corrected chi connectivity index (χ2v) is 9.86. The van der Waals surface area contributed by atoms with E-state index in [-0.39, 0.29) is 23.6 Å². The zero-order valence-corrected chi connectivity index (χ0v) is 20.1. The van der Waals surface area contributed by atoms with Gasteiger partial charge in [-0.15, -0.1) is 0 Å². The summed E-state index contributed by atoms with van der Waals surface area (Å²) in [6, 6.07) is 8.23. The van der Waals surface area contributed by atoms with Crippen LogP contribution in [-0.4, -0.2) is 64.3 Å². The highest BCUT2D eigenvalue weighted by atomic mass is 16.5. The number of benzene rings is 1. The maximum absolute atomic E-state index is 12.6. The normalized spacial score (nSPS) is 20.4. The van der Waals surface area contributed by atoms with Gasteiger partial charge in [0.1, 0.15) is 5.82 Å². The molecule has 2 aliphatic heterocycles. The fraction of sp³-hybridized carbons (Fsp3) is 0.640. The SMILES string of the molecule is CC(C)NC(=O)N1CCC2(CC1)CC(CC(=O)NCCc1nc3ccccc3n1C)CCO2. The molecule has 1 unspecified atom stereocenters. The average Bonchev–Trinajstić information content (AvgIpc) is 3.09. The lowest BCUT2D eigenvalue weighted by Gasteiger charge is -2.46. The lowest BCUT2D eigenvalue weighted by molar-refractivity contribution is -0.133. The highest BCUT2D eigenvalue weighted by Crippen LogP contribution is 2.38. The van der Waals surface area contributed by atoms with E-state index in [2.05, 4.69) is 26.3 Å². The van der Waals surface area contributed by atoms with Crippen LogP contribution in [0.5, 0.6) is 0 Å². The Bertz CT molecular complexity index is 978. The topological polar surface area (TPSA) is 88.5 Å². The summed E-state index contributed by atoms with van der Waals surface area (Å²) in [5, 5.41) is 6.06. The van der Waals surface area contributed by atoms with Gasteiger partial charge >= 0.3 is 6.03 Å². The molecule has 2 N–H and O–H groups in total. The molecule has 1 aromatic carbocycles. The lowest BCUT2D eigenvalue weighted by atomic mass is 9.78. The van der Waals surface area contributed by atoms with E-state index in [0.717, 1.165) is 42.5 Å². The molecular weight excluding hydrogens is 418 g/mol. The van der Waals surface area contributed by atoms with Crippen LogP contribution in [0.3, 0.4) is 0 Å². The minimum Gasteiger partial charge on any atom is -0.375 e. The van der Waals surface area contributed by atoms with Crippen molar-refractivity contribution >= 4 is 23.0 Å². The van der Waals surface area contributed by atoms with E-state index in [0.29, 0.717) is 45.0 Å². The van der Waals surface area contributed by atoms with Gasteiger partial charge in [0.25, 0.3) is 0 Å².